The van der Waals surface area contributed by atoms with Gasteiger partial charge in [0.2, 0.25) is 0 Å². The van der Waals surface area contributed by atoms with Crippen LogP contribution >= 0.6 is 23.2 Å². The van der Waals surface area contributed by atoms with Gasteiger partial charge in [-0.05, 0) is 42.0 Å². The Hall–Kier alpha value is -1.68. The van der Waals surface area contributed by atoms with Crippen LogP contribution in [0.2, 0.25) is 10.0 Å². The molecule has 0 saturated heterocycles. The summed E-state index contributed by atoms with van der Waals surface area (Å²) in [4.78, 5) is 0. The highest BCUT2D eigenvalue weighted by Gasteiger charge is 2.17. The van der Waals surface area contributed by atoms with Crippen molar-refractivity contribution < 1.29 is 9.15 Å². The maximum absolute atomic E-state index is 6.25. The molecule has 3 nitrogen and oxygen atoms in total. The summed E-state index contributed by atoms with van der Waals surface area (Å²) in [6.07, 6.45) is 0. The van der Waals surface area contributed by atoms with Crippen LogP contribution in [0, 0.1) is 0 Å². The van der Waals surface area contributed by atoms with E-state index >= 15 is 0 Å². The fraction of sp³-hybridized carbons (Fsp3) is 0.125. The Labute approximate surface area is 132 Å². The number of hydrogen-bond acceptors (Lipinski definition) is 3. The summed E-state index contributed by atoms with van der Waals surface area (Å²) in [5.41, 5.74) is 7.70. The molecule has 0 aliphatic heterocycles. The average Bonchev–Trinajstić information content (AvgIpc) is 2.91. The second kappa shape index (κ2) is 5.60. The third kappa shape index (κ3) is 2.72. The maximum Gasteiger partial charge on any atom is 0.138 e. The highest BCUT2D eigenvalue weighted by molar-refractivity contribution is 6.33. The molecule has 21 heavy (non-hydrogen) atoms. The number of nitrogens with two attached hydrogens (primary N) is 1. The van der Waals surface area contributed by atoms with E-state index in [1.165, 1.54) is 0 Å². The van der Waals surface area contributed by atoms with Crippen molar-refractivity contribution in [3.05, 3.63) is 63.8 Å². The van der Waals surface area contributed by atoms with E-state index < -0.39 is 6.04 Å². The standard InChI is InChI=1S/C16H13Cl2NO2/c1-20-11-4-2-9-6-15(21-14(9)8-11)16(19)12-7-10(17)3-5-13(12)18/h2-8,16H,19H2,1H3. The van der Waals surface area contributed by atoms with Gasteiger partial charge in [0.15, 0.2) is 0 Å². The van der Waals surface area contributed by atoms with Crippen LogP contribution in [0.15, 0.2) is 46.9 Å². The smallest absolute Gasteiger partial charge is 0.138 e. The molecular weight excluding hydrogens is 309 g/mol. The number of halogens is 2. The predicted octanol–water partition coefficient (Wildman–Crippen LogP) is 4.80. The van der Waals surface area contributed by atoms with Crippen LogP contribution in [-0.2, 0) is 0 Å². The molecule has 1 heterocycles. The molecule has 1 aromatic heterocycles. The highest BCUT2D eigenvalue weighted by Crippen LogP contribution is 2.33. The SMILES string of the molecule is COc1ccc2cc(C(N)c3cc(Cl)ccc3Cl)oc2c1. The monoisotopic (exact) mass is 321 g/mol. The van der Waals surface area contributed by atoms with E-state index in [9.17, 15) is 0 Å². The molecule has 0 amide bonds. The third-order valence-corrected chi connectivity index (χ3v) is 3.93. The van der Waals surface area contributed by atoms with Crippen molar-refractivity contribution in [1.82, 2.24) is 0 Å². The van der Waals surface area contributed by atoms with Crippen LogP contribution in [0.5, 0.6) is 5.75 Å². The van der Waals surface area contributed by atoms with Gasteiger partial charge in [0.25, 0.3) is 0 Å². The Kier molecular flexibility index (Phi) is 3.81. The van der Waals surface area contributed by atoms with Gasteiger partial charge >= 0.3 is 0 Å². The van der Waals surface area contributed by atoms with Crippen LogP contribution in [0.4, 0.5) is 0 Å². The van der Waals surface area contributed by atoms with Crippen molar-refractivity contribution in [3.8, 4) is 5.75 Å². The van der Waals surface area contributed by atoms with E-state index in [-0.39, 0.29) is 0 Å². The fourth-order valence-electron chi connectivity index (χ4n) is 2.22. The van der Waals surface area contributed by atoms with Crippen LogP contribution in [0.1, 0.15) is 17.4 Å². The van der Waals surface area contributed by atoms with Crippen LogP contribution in [0.25, 0.3) is 11.0 Å². The van der Waals surface area contributed by atoms with Gasteiger partial charge in [0.1, 0.15) is 17.1 Å². The Bertz CT molecular complexity index is 798. The van der Waals surface area contributed by atoms with Gasteiger partial charge in [0, 0.05) is 21.5 Å². The molecule has 0 saturated carbocycles. The average molecular weight is 322 g/mol. The first-order valence-corrected chi connectivity index (χ1v) is 7.12. The Morgan fingerprint density at radius 3 is 2.67 bits per heavy atom. The molecule has 108 valence electrons. The van der Waals surface area contributed by atoms with Crippen molar-refractivity contribution in [1.29, 1.82) is 0 Å². The van der Waals surface area contributed by atoms with Crippen LogP contribution in [0.3, 0.4) is 0 Å². The molecule has 2 aromatic carbocycles. The van der Waals surface area contributed by atoms with Crippen LogP contribution in [-0.4, -0.2) is 7.11 Å². The molecule has 3 rings (SSSR count). The topological polar surface area (TPSA) is 48.4 Å². The summed E-state index contributed by atoms with van der Waals surface area (Å²) >= 11 is 12.2. The first kappa shape index (κ1) is 14.3. The molecule has 0 fully saturated rings. The van der Waals surface area contributed by atoms with Gasteiger partial charge in [-0.1, -0.05) is 23.2 Å². The van der Waals surface area contributed by atoms with Gasteiger partial charge in [-0.25, -0.2) is 0 Å². The minimum absolute atomic E-state index is 0.477. The van der Waals surface area contributed by atoms with E-state index in [4.69, 9.17) is 38.1 Å². The minimum Gasteiger partial charge on any atom is -0.497 e. The zero-order valence-corrected chi connectivity index (χ0v) is 12.8. The predicted molar refractivity (Wildman–Crippen MR) is 85.3 cm³/mol. The molecule has 5 heteroatoms. The summed E-state index contributed by atoms with van der Waals surface area (Å²) in [7, 11) is 1.61. The van der Waals surface area contributed by atoms with E-state index in [1.54, 1.807) is 25.3 Å². The fourth-order valence-corrected chi connectivity index (χ4v) is 2.63. The lowest BCUT2D eigenvalue weighted by atomic mass is 10.1. The molecule has 0 spiro atoms. The first-order valence-electron chi connectivity index (χ1n) is 6.36. The van der Waals surface area contributed by atoms with Gasteiger partial charge in [-0.2, -0.15) is 0 Å². The van der Waals surface area contributed by atoms with Gasteiger partial charge in [-0.15, -0.1) is 0 Å². The largest absolute Gasteiger partial charge is 0.497 e. The van der Waals surface area contributed by atoms with E-state index in [2.05, 4.69) is 0 Å². The van der Waals surface area contributed by atoms with Gasteiger partial charge in [0.05, 0.1) is 13.2 Å². The molecular formula is C16H13Cl2NO2. The van der Waals surface area contributed by atoms with Gasteiger partial charge in [-0.3, -0.25) is 0 Å². The van der Waals surface area contributed by atoms with Crippen molar-refractivity contribution in [2.45, 2.75) is 6.04 Å². The number of methoxy groups -OCH3 is 1. The number of benzene rings is 2. The number of ether oxygens (including phenoxy) is 1. The third-order valence-electron chi connectivity index (χ3n) is 3.35. The molecule has 0 radical (unpaired) electrons. The Balaban J connectivity index is 2.04. The molecule has 0 aliphatic carbocycles. The molecule has 1 unspecified atom stereocenters. The van der Waals surface area contributed by atoms with Gasteiger partial charge < -0.3 is 14.9 Å². The second-order valence-corrected chi connectivity index (χ2v) is 5.54. The first-order chi connectivity index (χ1) is 10.1. The summed E-state index contributed by atoms with van der Waals surface area (Å²) in [5.74, 6) is 1.36. The number of furan rings is 1. The molecule has 3 aromatic rings. The zero-order valence-electron chi connectivity index (χ0n) is 11.3. The summed E-state index contributed by atoms with van der Waals surface area (Å²) in [6.45, 7) is 0. The summed E-state index contributed by atoms with van der Waals surface area (Å²) < 4.78 is 11.0. The molecule has 0 aliphatic rings. The summed E-state index contributed by atoms with van der Waals surface area (Å²) in [6, 6.07) is 12.3. The molecule has 1 atom stereocenters. The van der Waals surface area contributed by atoms with Crippen molar-refractivity contribution in [2.24, 2.45) is 5.73 Å². The Morgan fingerprint density at radius 1 is 1.10 bits per heavy atom. The highest BCUT2D eigenvalue weighted by atomic mass is 35.5. The minimum atomic E-state index is -0.477. The Morgan fingerprint density at radius 2 is 1.90 bits per heavy atom. The van der Waals surface area contributed by atoms with E-state index in [0.29, 0.717) is 15.8 Å². The van der Waals surface area contributed by atoms with Crippen molar-refractivity contribution >= 4 is 34.2 Å². The quantitative estimate of drug-likeness (QED) is 0.754. The molecule has 2 N–H and O–H groups in total. The van der Waals surface area contributed by atoms with Crippen molar-refractivity contribution in [2.75, 3.05) is 7.11 Å². The van der Waals surface area contributed by atoms with E-state index in [0.717, 1.165) is 22.3 Å². The summed E-state index contributed by atoms with van der Waals surface area (Å²) in [5, 5.41) is 2.10. The lowest BCUT2D eigenvalue weighted by Gasteiger charge is -2.11. The number of hydrogen-bond donors (Lipinski definition) is 1. The molecule has 0 bridgehead atoms. The lowest BCUT2D eigenvalue weighted by molar-refractivity contribution is 0.414. The normalized spacial score (nSPS) is 12.6. The van der Waals surface area contributed by atoms with Crippen molar-refractivity contribution in [3.63, 3.8) is 0 Å². The lowest BCUT2D eigenvalue weighted by Crippen LogP contribution is -2.11. The number of fused-ring (bicyclic) bond motifs is 1. The second-order valence-electron chi connectivity index (χ2n) is 4.70. The zero-order chi connectivity index (χ0) is 15.0. The number of rotatable bonds is 3. The van der Waals surface area contributed by atoms with Crippen LogP contribution < -0.4 is 10.5 Å². The van der Waals surface area contributed by atoms with E-state index in [1.807, 2.05) is 24.3 Å². The maximum atomic E-state index is 6.25.